The Morgan fingerprint density at radius 1 is 1.33 bits per heavy atom. The highest BCUT2D eigenvalue weighted by Gasteiger charge is 2.30. The van der Waals surface area contributed by atoms with E-state index in [0.29, 0.717) is 11.3 Å². The largest absolute Gasteiger partial charge is 0.330 e. The van der Waals surface area contributed by atoms with Gasteiger partial charge in [0.15, 0.2) is 0 Å². The van der Waals surface area contributed by atoms with Crippen LogP contribution in [0.2, 0.25) is 0 Å². The Hall–Kier alpha value is -0.820. The van der Waals surface area contributed by atoms with Crippen LogP contribution in [0.4, 0.5) is 0 Å². The summed E-state index contributed by atoms with van der Waals surface area (Å²) in [5.74, 6) is 1.21. The summed E-state index contributed by atoms with van der Waals surface area (Å²) in [6.45, 7) is 7.81. The van der Waals surface area contributed by atoms with Crippen molar-refractivity contribution in [2.45, 2.75) is 58.3 Å². The van der Waals surface area contributed by atoms with E-state index in [1.54, 1.807) is 5.56 Å². The number of rotatable bonds is 3. The van der Waals surface area contributed by atoms with E-state index in [1.807, 2.05) is 0 Å². The Morgan fingerprint density at radius 2 is 2.06 bits per heavy atom. The second kappa shape index (κ2) is 5.44. The third-order valence-electron chi connectivity index (χ3n) is 4.53. The third kappa shape index (κ3) is 2.95. The van der Waals surface area contributed by atoms with Gasteiger partial charge in [-0.3, -0.25) is 0 Å². The van der Waals surface area contributed by atoms with Gasteiger partial charge in [0, 0.05) is 0 Å². The van der Waals surface area contributed by atoms with E-state index in [0.717, 1.165) is 12.5 Å². The molecule has 1 saturated carbocycles. The monoisotopic (exact) mass is 245 g/mol. The van der Waals surface area contributed by atoms with E-state index in [1.165, 1.54) is 31.2 Å². The molecule has 2 unspecified atom stereocenters. The highest BCUT2D eigenvalue weighted by molar-refractivity contribution is 5.33. The molecular weight excluding hydrogens is 218 g/mol. The van der Waals surface area contributed by atoms with Gasteiger partial charge in [0.2, 0.25) is 0 Å². The van der Waals surface area contributed by atoms with Crippen molar-refractivity contribution in [2.75, 3.05) is 6.54 Å². The van der Waals surface area contributed by atoms with Crippen LogP contribution in [0.25, 0.3) is 0 Å². The van der Waals surface area contributed by atoms with Gasteiger partial charge in [0.25, 0.3) is 0 Å². The number of benzene rings is 1. The fourth-order valence-electron chi connectivity index (χ4n) is 3.42. The maximum atomic E-state index is 5.86. The predicted molar refractivity (Wildman–Crippen MR) is 78.9 cm³/mol. The summed E-state index contributed by atoms with van der Waals surface area (Å²) in [6, 6.07) is 8.94. The second-order valence-electron chi connectivity index (χ2n) is 6.72. The van der Waals surface area contributed by atoms with Gasteiger partial charge in [-0.1, -0.05) is 51.5 Å². The quantitative estimate of drug-likeness (QED) is 0.837. The molecule has 100 valence electrons. The minimum atomic E-state index is 0.478. The van der Waals surface area contributed by atoms with E-state index in [2.05, 4.69) is 45.0 Å². The molecule has 0 radical (unpaired) electrons. The van der Waals surface area contributed by atoms with Crippen molar-refractivity contribution >= 4 is 0 Å². The number of hydrogen-bond donors (Lipinski definition) is 1. The van der Waals surface area contributed by atoms with Crippen LogP contribution in [0.5, 0.6) is 0 Å². The second-order valence-corrected chi connectivity index (χ2v) is 6.72. The highest BCUT2D eigenvalue weighted by Crippen LogP contribution is 2.44. The lowest BCUT2D eigenvalue weighted by atomic mass is 9.69. The zero-order chi connectivity index (χ0) is 13.2. The maximum absolute atomic E-state index is 5.86. The van der Waals surface area contributed by atoms with Crippen molar-refractivity contribution in [1.82, 2.24) is 0 Å². The van der Waals surface area contributed by atoms with Crippen LogP contribution in [0.1, 0.15) is 69.4 Å². The zero-order valence-corrected chi connectivity index (χ0v) is 12.1. The Bertz CT molecular complexity index is 394. The first-order valence-electron chi connectivity index (χ1n) is 7.32. The minimum absolute atomic E-state index is 0.478. The average Bonchev–Trinajstić information content (AvgIpc) is 2.36. The Kier molecular flexibility index (Phi) is 4.11. The molecule has 0 aromatic heterocycles. The van der Waals surface area contributed by atoms with Crippen LogP contribution in [0, 0.1) is 5.41 Å². The molecule has 0 heterocycles. The third-order valence-corrected chi connectivity index (χ3v) is 4.53. The van der Waals surface area contributed by atoms with Crippen molar-refractivity contribution in [3.63, 3.8) is 0 Å². The lowest BCUT2D eigenvalue weighted by Gasteiger charge is -2.36. The molecule has 18 heavy (non-hydrogen) atoms. The van der Waals surface area contributed by atoms with Crippen molar-refractivity contribution in [3.8, 4) is 0 Å². The molecule has 1 aromatic carbocycles. The van der Waals surface area contributed by atoms with Crippen LogP contribution in [-0.4, -0.2) is 6.54 Å². The van der Waals surface area contributed by atoms with Crippen molar-refractivity contribution < 1.29 is 0 Å². The maximum Gasteiger partial charge on any atom is -0.00108 e. The Balaban J connectivity index is 2.27. The van der Waals surface area contributed by atoms with Crippen LogP contribution in [0.3, 0.4) is 0 Å². The van der Waals surface area contributed by atoms with Gasteiger partial charge < -0.3 is 5.73 Å². The van der Waals surface area contributed by atoms with E-state index in [9.17, 15) is 0 Å². The molecule has 0 saturated heterocycles. The van der Waals surface area contributed by atoms with Gasteiger partial charge in [-0.05, 0) is 54.2 Å². The van der Waals surface area contributed by atoms with Crippen molar-refractivity contribution in [3.05, 3.63) is 35.4 Å². The molecule has 2 N–H and O–H groups in total. The van der Waals surface area contributed by atoms with E-state index in [4.69, 9.17) is 5.73 Å². The van der Waals surface area contributed by atoms with Crippen molar-refractivity contribution in [2.24, 2.45) is 11.1 Å². The predicted octanol–water partition coefficient (Wildman–Crippen LogP) is 4.43. The molecule has 2 rings (SSSR count). The molecule has 1 aliphatic carbocycles. The highest BCUT2D eigenvalue weighted by atomic mass is 14.5. The first kappa shape index (κ1) is 13.6. The summed E-state index contributed by atoms with van der Waals surface area (Å²) in [5.41, 5.74) is 9.39. The normalized spacial score (nSPS) is 24.8. The zero-order valence-electron chi connectivity index (χ0n) is 12.1. The van der Waals surface area contributed by atoms with Crippen LogP contribution >= 0.6 is 0 Å². The molecule has 0 amide bonds. The molecule has 0 bridgehead atoms. The molecule has 1 heteroatoms. The first-order chi connectivity index (χ1) is 8.53. The van der Waals surface area contributed by atoms with Gasteiger partial charge in [-0.2, -0.15) is 0 Å². The Morgan fingerprint density at radius 3 is 2.72 bits per heavy atom. The standard InChI is InChI=1S/C17H27N/c1-13(12-18)15-8-4-5-9-16(15)14-7-6-10-17(2,3)11-14/h4-5,8-9,13-14H,6-7,10-12,18H2,1-3H3. The van der Waals surface area contributed by atoms with E-state index < -0.39 is 0 Å². The summed E-state index contributed by atoms with van der Waals surface area (Å²) in [6.07, 6.45) is 5.40. The van der Waals surface area contributed by atoms with E-state index >= 15 is 0 Å². The molecular formula is C17H27N. The summed E-state index contributed by atoms with van der Waals surface area (Å²) in [5, 5.41) is 0. The fraction of sp³-hybridized carbons (Fsp3) is 0.647. The molecule has 1 fully saturated rings. The average molecular weight is 245 g/mol. The van der Waals surface area contributed by atoms with E-state index in [-0.39, 0.29) is 0 Å². The van der Waals surface area contributed by atoms with Gasteiger partial charge in [-0.25, -0.2) is 0 Å². The van der Waals surface area contributed by atoms with Crippen LogP contribution in [-0.2, 0) is 0 Å². The number of nitrogens with two attached hydrogens (primary N) is 1. The van der Waals surface area contributed by atoms with Gasteiger partial charge >= 0.3 is 0 Å². The summed E-state index contributed by atoms with van der Waals surface area (Å²) in [4.78, 5) is 0. The molecule has 1 aromatic rings. The topological polar surface area (TPSA) is 26.0 Å². The lowest BCUT2D eigenvalue weighted by molar-refractivity contribution is 0.219. The van der Waals surface area contributed by atoms with Crippen LogP contribution < -0.4 is 5.73 Å². The van der Waals surface area contributed by atoms with Gasteiger partial charge in [0.1, 0.15) is 0 Å². The smallest absolute Gasteiger partial charge is 0.00108 e. The molecule has 2 atom stereocenters. The summed E-state index contributed by atoms with van der Waals surface area (Å²) < 4.78 is 0. The van der Waals surface area contributed by atoms with Gasteiger partial charge in [0.05, 0.1) is 0 Å². The van der Waals surface area contributed by atoms with Crippen LogP contribution in [0.15, 0.2) is 24.3 Å². The number of hydrogen-bond acceptors (Lipinski definition) is 1. The first-order valence-corrected chi connectivity index (χ1v) is 7.32. The Labute approximate surface area is 112 Å². The van der Waals surface area contributed by atoms with Crippen molar-refractivity contribution in [1.29, 1.82) is 0 Å². The van der Waals surface area contributed by atoms with Gasteiger partial charge in [-0.15, -0.1) is 0 Å². The lowest BCUT2D eigenvalue weighted by Crippen LogP contribution is -2.23. The molecule has 0 spiro atoms. The summed E-state index contributed by atoms with van der Waals surface area (Å²) in [7, 11) is 0. The molecule has 0 aliphatic heterocycles. The molecule has 1 aliphatic rings. The summed E-state index contributed by atoms with van der Waals surface area (Å²) >= 11 is 0. The SMILES string of the molecule is CC(CN)c1ccccc1C1CCCC(C)(C)C1. The molecule has 1 nitrogen and oxygen atoms in total. The minimum Gasteiger partial charge on any atom is -0.330 e. The fourth-order valence-corrected chi connectivity index (χ4v) is 3.42.